The van der Waals surface area contributed by atoms with Crippen molar-refractivity contribution in [1.29, 1.82) is 0 Å². The second-order valence-electron chi connectivity index (χ2n) is 9.61. The third kappa shape index (κ3) is 4.48. The molecule has 3 aromatic carbocycles. The quantitative estimate of drug-likeness (QED) is 0.368. The van der Waals surface area contributed by atoms with Gasteiger partial charge >= 0.3 is 0 Å². The summed E-state index contributed by atoms with van der Waals surface area (Å²) in [5.74, 6) is -0.311. The van der Waals surface area contributed by atoms with Crippen LogP contribution >= 0.6 is 0 Å². The van der Waals surface area contributed by atoms with E-state index in [-0.39, 0.29) is 10.8 Å². The first-order valence-electron chi connectivity index (χ1n) is 12.2. The minimum atomic E-state index is -3.98. The van der Waals surface area contributed by atoms with Crippen molar-refractivity contribution in [3.05, 3.63) is 78.5 Å². The summed E-state index contributed by atoms with van der Waals surface area (Å²) in [5.41, 5.74) is 6.07. The van der Waals surface area contributed by atoms with Gasteiger partial charge in [-0.2, -0.15) is 4.72 Å². The normalized spacial score (nSPS) is 16.7. The predicted octanol–water partition coefficient (Wildman–Crippen LogP) is 4.18. The second-order valence-corrected chi connectivity index (χ2v) is 11.3. The lowest BCUT2D eigenvalue weighted by Gasteiger charge is -2.36. The highest BCUT2D eigenvalue weighted by Crippen LogP contribution is 2.34. The number of carbonyl (C=O) groups excluding carboxylic acids is 2. The summed E-state index contributed by atoms with van der Waals surface area (Å²) in [6, 6.07) is 19.3. The van der Waals surface area contributed by atoms with E-state index in [2.05, 4.69) is 4.72 Å². The SMILES string of the molecule is N[C@H](C=O)Cc1cn(C(=O)C2(NS(=O)(=O)c3ccc4ccccc4c3)CCCCC2)c2ccccc12. The molecule has 4 aromatic rings. The first-order valence-corrected chi connectivity index (χ1v) is 13.7. The van der Waals surface area contributed by atoms with E-state index in [0.717, 1.165) is 41.0 Å². The van der Waals surface area contributed by atoms with Crippen molar-refractivity contribution in [2.24, 2.45) is 5.73 Å². The lowest BCUT2D eigenvalue weighted by Crippen LogP contribution is -2.57. The molecular weight excluding hydrogens is 474 g/mol. The van der Waals surface area contributed by atoms with Gasteiger partial charge in [-0.25, -0.2) is 8.42 Å². The number of rotatable bonds is 7. The summed E-state index contributed by atoms with van der Waals surface area (Å²) in [6.45, 7) is 0. The van der Waals surface area contributed by atoms with Crippen LogP contribution in [0, 0.1) is 0 Å². The maximum atomic E-state index is 14.2. The van der Waals surface area contributed by atoms with E-state index in [1.807, 2.05) is 48.5 Å². The van der Waals surface area contributed by atoms with Crippen molar-refractivity contribution < 1.29 is 18.0 Å². The summed E-state index contributed by atoms with van der Waals surface area (Å²) in [7, 11) is -3.98. The fourth-order valence-corrected chi connectivity index (χ4v) is 6.73. The molecule has 1 heterocycles. The number of carbonyl (C=O) groups is 2. The zero-order valence-electron chi connectivity index (χ0n) is 19.9. The molecule has 0 bridgehead atoms. The molecule has 1 fully saturated rings. The molecule has 5 rings (SSSR count). The molecule has 8 heteroatoms. The van der Waals surface area contributed by atoms with Crippen LogP contribution in [0.3, 0.4) is 0 Å². The van der Waals surface area contributed by atoms with E-state index >= 15 is 0 Å². The van der Waals surface area contributed by atoms with Gasteiger partial charge in [-0.05, 0) is 53.8 Å². The van der Waals surface area contributed by atoms with Gasteiger partial charge < -0.3 is 10.5 Å². The van der Waals surface area contributed by atoms with E-state index in [1.54, 1.807) is 24.4 Å². The molecule has 0 amide bonds. The van der Waals surface area contributed by atoms with Crippen LogP contribution in [-0.2, 0) is 21.2 Å². The van der Waals surface area contributed by atoms with Gasteiger partial charge in [-0.1, -0.05) is 67.8 Å². The third-order valence-corrected chi connectivity index (χ3v) is 8.66. The Bertz CT molecular complexity index is 1550. The molecule has 7 nitrogen and oxygen atoms in total. The number of sulfonamides is 1. The topological polar surface area (TPSA) is 111 Å². The van der Waals surface area contributed by atoms with Gasteiger partial charge in [0.15, 0.2) is 0 Å². The molecule has 1 aliphatic carbocycles. The van der Waals surface area contributed by atoms with Gasteiger partial charge in [0.05, 0.1) is 16.5 Å². The number of para-hydroxylation sites is 1. The molecule has 186 valence electrons. The lowest BCUT2D eigenvalue weighted by molar-refractivity contribution is -0.108. The summed E-state index contributed by atoms with van der Waals surface area (Å²) in [6.07, 6.45) is 5.94. The number of nitrogens with two attached hydrogens (primary N) is 1. The van der Waals surface area contributed by atoms with Crippen molar-refractivity contribution in [2.45, 2.75) is 55.0 Å². The summed E-state index contributed by atoms with van der Waals surface area (Å²) in [5, 5.41) is 2.59. The first kappa shape index (κ1) is 24.4. The monoisotopic (exact) mass is 503 g/mol. The van der Waals surface area contributed by atoms with Crippen molar-refractivity contribution in [1.82, 2.24) is 9.29 Å². The van der Waals surface area contributed by atoms with Crippen molar-refractivity contribution in [2.75, 3.05) is 0 Å². The maximum absolute atomic E-state index is 14.2. The Morgan fingerprint density at radius 1 is 1.00 bits per heavy atom. The van der Waals surface area contributed by atoms with Gasteiger partial charge in [0.2, 0.25) is 10.0 Å². The van der Waals surface area contributed by atoms with Gasteiger partial charge in [-0.15, -0.1) is 0 Å². The molecule has 0 saturated heterocycles. The van der Waals surface area contributed by atoms with Crippen molar-refractivity contribution in [3.8, 4) is 0 Å². The van der Waals surface area contributed by atoms with Crippen LogP contribution in [0.5, 0.6) is 0 Å². The highest BCUT2D eigenvalue weighted by molar-refractivity contribution is 7.89. The smallest absolute Gasteiger partial charge is 0.252 e. The Labute approximate surface area is 210 Å². The van der Waals surface area contributed by atoms with Crippen LogP contribution in [0.4, 0.5) is 0 Å². The average Bonchev–Trinajstić information content (AvgIpc) is 3.26. The third-order valence-electron chi connectivity index (χ3n) is 7.12. The van der Waals surface area contributed by atoms with Gasteiger partial charge in [-0.3, -0.25) is 9.36 Å². The van der Waals surface area contributed by atoms with E-state index in [4.69, 9.17) is 5.73 Å². The number of hydrogen-bond donors (Lipinski definition) is 2. The molecule has 1 atom stereocenters. The van der Waals surface area contributed by atoms with Crippen LogP contribution in [0.1, 0.15) is 42.5 Å². The second kappa shape index (κ2) is 9.61. The molecule has 3 N–H and O–H groups in total. The fraction of sp³-hybridized carbons (Fsp3) is 0.286. The number of aldehydes is 1. The van der Waals surface area contributed by atoms with Gasteiger partial charge in [0.25, 0.3) is 5.91 Å². The largest absolute Gasteiger partial charge is 0.321 e. The van der Waals surface area contributed by atoms with E-state index in [9.17, 15) is 18.0 Å². The van der Waals surface area contributed by atoms with Crippen LogP contribution < -0.4 is 10.5 Å². The Hall–Kier alpha value is -3.33. The molecular formula is C28H29N3O4S. The van der Waals surface area contributed by atoms with Crippen LogP contribution in [-0.4, -0.2) is 36.8 Å². The van der Waals surface area contributed by atoms with Crippen LogP contribution in [0.15, 0.2) is 77.8 Å². The number of hydrogen-bond acceptors (Lipinski definition) is 5. The molecule has 36 heavy (non-hydrogen) atoms. The molecule has 1 aromatic heterocycles. The minimum Gasteiger partial charge on any atom is -0.321 e. The molecule has 0 aliphatic heterocycles. The van der Waals surface area contributed by atoms with E-state index in [0.29, 0.717) is 31.1 Å². The molecule has 0 spiro atoms. The average molecular weight is 504 g/mol. The Morgan fingerprint density at radius 2 is 1.69 bits per heavy atom. The summed E-state index contributed by atoms with van der Waals surface area (Å²) < 4.78 is 31.6. The Balaban J connectivity index is 1.56. The highest BCUT2D eigenvalue weighted by Gasteiger charge is 2.44. The summed E-state index contributed by atoms with van der Waals surface area (Å²) >= 11 is 0. The maximum Gasteiger partial charge on any atom is 0.252 e. The number of nitrogens with zero attached hydrogens (tertiary/aromatic N) is 1. The Kier molecular flexibility index (Phi) is 6.51. The molecule has 0 unspecified atom stereocenters. The standard InChI is InChI=1S/C28H29N3O4S/c29-23(19-32)16-22-18-31(26-11-5-4-10-25(22)26)27(33)28(14-6-1-7-15-28)30-36(34,35)24-13-12-20-8-2-3-9-21(20)17-24/h2-5,8-13,17-19,23,30H,1,6-7,14-16,29H2/t23-/m0/s1. The number of fused-ring (bicyclic) bond motifs is 2. The van der Waals surface area contributed by atoms with E-state index in [1.165, 1.54) is 4.57 Å². The van der Waals surface area contributed by atoms with Crippen molar-refractivity contribution >= 4 is 43.9 Å². The zero-order chi connectivity index (χ0) is 25.3. The van der Waals surface area contributed by atoms with E-state index < -0.39 is 21.6 Å². The number of nitrogens with one attached hydrogen (secondary N) is 1. The molecule has 0 radical (unpaired) electrons. The highest BCUT2D eigenvalue weighted by atomic mass is 32.2. The van der Waals surface area contributed by atoms with Gasteiger partial charge in [0, 0.05) is 11.6 Å². The summed E-state index contributed by atoms with van der Waals surface area (Å²) in [4.78, 5) is 25.5. The number of aromatic nitrogens is 1. The lowest BCUT2D eigenvalue weighted by atomic mass is 9.81. The van der Waals surface area contributed by atoms with Gasteiger partial charge in [0.1, 0.15) is 11.8 Å². The first-order chi connectivity index (χ1) is 17.3. The minimum absolute atomic E-state index is 0.133. The molecule has 1 aliphatic rings. The fourth-order valence-electron chi connectivity index (χ4n) is 5.28. The van der Waals surface area contributed by atoms with Crippen LogP contribution in [0.25, 0.3) is 21.7 Å². The van der Waals surface area contributed by atoms with Crippen molar-refractivity contribution in [3.63, 3.8) is 0 Å². The zero-order valence-corrected chi connectivity index (χ0v) is 20.7. The Morgan fingerprint density at radius 3 is 2.44 bits per heavy atom. The predicted molar refractivity (Wildman–Crippen MR) is 140 cm³/mol. The number of benzene rings is 3. The molecule has 1 saturated carbocycles. The van der Waals surface area contributed by atoms with Crippen LogP contribution in [0.2, 0.25) is 0 Å².